The number of hydrogen-bond acceptors (Lipinski definition) is 6. The van der Waals surface area contributed by atoms with Gasteiger partial charge in [-0.25, -0.2) is 18.1 Å². The molecule has 1 aliphatic carbocycles. The van der Waals surface area contributed by atoms with Crippen LogP contribution in [-0.2, 0) is 24.4 Å². The fraction of sp³-hybridized carbons (Fsp3) is 0.750. The van der Waals surface area contributed by atoms with Gasteiger partial charge in [-0.3, -0.25) is 19.3 Å². The number of amides is 5. The van der Waals surface area contributed by atoms with E-state index in [0.717, 1.165) is 30.4 Å². The van der Waals surface area contributed by atoms with Crippen molar-refractivity contribution in [1.29, 1.82) is 0 Å². The molecule has 5 amide bonds. The van der Waals surface area contributed by atoms with Crippen LogP contribution in [0.4, 0.5) is 4.79 Å². The van der Waals surface area contributed by atoms with Gasteiger partial charge in [0.05, 0.1) is 6.26 Å². The molecule has 0 bridgehead atoms. The third-order valence-electron chi connectivity index (χ3n) is 5.38. The molecule has 0 N–H and O–H groups in total. The first kappa shape index (κ1) is 19.7. The number of imide groups is 2. The van der Waals surface area contributed by atoms with Crippen LogP contribution in [0.1, 0.15) is 32.1 Å². The summed E-state index contributed by atoms with van der Waals surface area (Å²) in [5.74, 6) is -2.29. The number of sulfonamides is 1. The Kier molecular flexibility index (Phi) is 5.52. The fourth-order valence-corrected chi connectivity index (χ4v) is 4.65. The highest BCUT2D eigenvalue weighted by atomic mass is 32.2. The minimum Gasteiger partial charge on any atom is -0.338 e. The quantitative estimate of drug-likeness (QED) is 0.451. The van der Waals surface area contributed by atoms with Gasteiger partial charge >= 0.3 is 17.8 Å². The van der Waals surface area contributed by atoms with Gasteiger partial charge in [0, 0.05) is 32.2 Å². The lowest BCUT2D eigenvalue weighted by atomic mass is 9.94. The van der Waals surface area contributed by atoms with Gasteiger partial charge in [-0.15, -0.1) is 0 Å². The van der Waals surface area contributed by atoms with E-state index in [2.05, 4.69) is 0 Å². The molecule has 3 aliphatic rings. The molecule has 0 aromatic carbocycles. The summed E-state index contributed by atoms with van der Waals surface area (Å²) < 4.78 is 24.3. The van der Waals surface area contributed by atoms with E-state index in [4.69, 9.17) is 0 Å². The van der Waals surface area contributed by atoms with Gasteiger partial charge in [-0.1, -0.05) is 19.3 Å². The standard InChI is InChI=1S/C16H24N4O6S/c1-27(25,26)18-9-7-17(8-10-18)13(21)11-19-14(22)15(23)20(16(19)24)12-5-3-2-4-6-12/h12H,2-11H2,1H3. The molecule has 1 saturated carbocycles. The van der Waals surface area contributed by atoms with E-state index in [0.29, 0.717) is 17.7 Å². The molecule has 3 fully saturated rings. The summed E-state index contributed by atoms with van der Waals surface area (Å²) in [4.78, 5) is 52.7. The highest BCUT2D eigenvalue weighted by Crippen LogP contribution is 2.26. The van der Waals surface area contributed by atoms with Crippen LogP contribution in [0.15, 0.2) is 0 Å². The highest BCUT2D eigenvalue weighted by Gasteiger charge is 2.48. The number of carbonyl (C=O) groups is 4. The summed E-state index contributed by atoms with van der Waals surface area (Å²) in [6.07, 6.45) is 5.32. The van der Waals surface area contributed by atoms with Crippen molar-refractivity contribution >= 4 is 33.8 Å². The molecule has 0 spiro atoms. The Morgan fingerprint density at radius 1 is 0.963 bits per heavy atom. The summed E-state index contributed by atoms with van der Waals surface area (Å²) in [7, 11) is -3.32. The molecule has 0 radical (unpaired) electrons. The minimum atomic E-state index is -3.32. The largest absolute Gasteiger partial charge is 0.338 e. The summed E-state index contributed by atoms with van der Waals surface area (Å²) in [5.41, 5.74) is 0. The maximum absolute atomic E-state index is 12.6. The van der Waals surface area contributed by atoms with E-state index in [1.54, 1.807) is 0 Å². The predicted molar refractivity (Wildman–Crippen MR) is 93.8 cm³/mol. The first-order valence-electron chi connectivity index (χ1n) is 9.12. The van der Waals surface area contributed by atoms with Crippen molar-refractivity contribution in [3.8, 4) is 0 Å². The van der Waals surface area contributed by atoms with Gasteiger partial charge in [0.1, 0.15) is 6.54 Å². The monoisotopic (exact) mass is 400 g/mol. The van der Waals surface area contributed by atoms with Crippen LogP contribution in [0.3, 0.4) is 0 Å². The topological polar surface area (TPSA) is 115 Å². The zero-order valence-corrected chi connectivity index (χ0v) is 16.1. The summed E-state index contributed by atoms with van der Waals surface area (Å²) in [5, 5.41) is 0. The molecule has 150 valence electrons. The van der Waals surface area contributed by atoms with Crippen LogP contribution in [0.5, 0.6) is 0 Å². The molecule has 10 nitrogen and oxygen atoms in total. The van der Waals surface area contributed by atoms with Crippen molar-refractivity contribution in [3.05, 3.63) is 0 Å². The van der Waals surface area contributed by atoms with Gasteiger partial charge in [0.25, 0.3) is 0 Å². The van der Waals surface area contributed by atoms with Crippen LogP contribution < -0.4 is 0 Å². The SMILES string of the molecule is CS(=O)(=O)N1CCN(C(=O)CN2C(=O)C(=O)N(C3CCCCC3)C2=O)CC1. The summed E-state index contributed by atoms with van der Waals surface area (Å²) in [6, 6.07) is -0.999. The molecule has 11 heteroatoms. The van der Waals surface area contributed by atoms with E-state index in [-0.39, 0.29) is 32.2 Å². The van der Waals surface area contributed by atoms with E-state index < -0.39 is 40.3 Å². The predicted octanol–water partition coefficient (Wildman–Crippen LogP) is -0.786. The zero-order chi connectivity index (χ0) is 19.8. The number of carbonyl (C=O) groups excluding carboxylic acids is 4. The molecule has 27 heavy (non-hydrogen) atoms. The van der Waals surface area contributed by atoms with Crippen molar-refractivity contribution < 1.29 is 27.6 Å². The van der Waals surface area contributed by atoms with Crippen molar-refractivity contribution in [3.63, 3.8) is 0 Å². The van der Waals surface area contributed by atoms with Crippen LogP contribution in [0.2, 0.25) is 0 Å². The van der Waals surface area contributed by atoms with Gasteiger partial charge in [0.2, 0.25) is 15.9 Å². The van der Waals surface area contributed by atoms with Gasteiger partial charge < -0.3 is 4.90 Å². The molecular formula is C16H24N4O6S. The number of rotatable bonds is 4. The van der Waals surface area contributed by atoms with Crippen LogP contribution in [0, 0.1) is 0 Å². The number of urea groups is 1. The Morgan fingerprint density at radius 2 is 1.56 bits per heavy atom. The molecule has 2 saturated heterocycles. The second-order valence-electron chi connectivity index (χ2n) is 7.18. The Bertz CT molecular complexity index is 753. The molecule has 0 unspecified atom stereocenters. The van der Waals surface area contributed by atoms with E-state index in [9.17, 15) is 27.6 Å². The van der Waals surface area contributed by atoms with Crippen molar-refractivity contribution in [2.24, 2.45) is 0 Å². The normalized spacial score (nSPS) is 23.4. The first-order valence-corrected chi connectivity index (χ1v) is 11.0. The lowest BCUT2D eigenvalue weighted by molar-refractivity contribution is -0.145. The number of hydrogen-bond donors (Lipinski definition) is 0. The van der Waals surface area contributed by atoms with E-state index >= 15 is 0 Å². The van der Waals surface area contributed by atoms with Crippen molar-refractivity contribution in [1.82, 2.24) is 19.0 Å². The minimum absolute atomic E-state index is 0.166. The van der Waals surface area contributed by atoms with E-state index in [1.807, 2.05) is 0 Å². The van der Waals surface area contributed by atoms with Crippen LogP contribution in [0.25, 0.3) is 0 Å². The maximum atomic E-state index is 12.6. The lowest BCUT2D eigenvalue weighted by Crippen LogP contribution is -2.53. The molecule has 0 atom stereocenters. The zero-order valence-electron chi connectivity index (χ0n) is 15.3. The summed E-state index contributed by atoms with van der Waals surface area (Å²) in [6.45, 7) is 0.204. The molecule has 3 rings (SSSR count). The molecule has 2 aliphatic heterocycles. The second kappa shape index (κ2) is 7.55. The summed E-state index contributed by atoms with van der Waals surface area (Å²) >= 11 is 0. The smallest absolute Gasteiger partial charge is 0.334 e. The van der Waals surface area contributed by atoms with Crippen molar-refractivity contribution in [2.75, 3.05) is 39.0 Å². The van der Waals surface area contributed by atoms with E-state index in [1.165, 1.54) is 9.21 Å². The third-order valence-corrected chi connectivity index (χ3v) is 6.68. The molecule has 2 heterocycles. The highest BCUT2D eigenvalue weighted by molar-refractivity contribution is 7.88. The Morgan fingerprint density at radius 3 is 2.11 bits per heavy atom. The van der Waals surface area contributed by atoms with Crippen molar-refractivity contribution in [2.45, 2.75) is 38.1 Å². The number of piperazine rings is 1. The first-order chi connectivity index (χ1) is 12.7. The third kappa shape index (κ3) is 3.98. The Balaban J connectivity index is 1.61. The lowest BCUT2D eigenvalue weighted by Gasteiger charge is -2.34. The fourth-order valence-electron chi connectivity index (χ4n) is 3.83. The van der Waals surface area contributed by atoms with Gasteiger partial charge in [0.15, 0.2) is 0 Å². The second-order valence-corrected chi connectivity index (χ2v) is 9.17. The molecule has 0 aromatic heterocycles. The van der Waals surface area contributed by atoms with Gasteiger partial charge in [-0.05, 0) is 12.8 Å². The van der Waals surface area contributed by atoms with Crippen LogP contribution >= 0.6 is 0 Å². The Labute approximate surface area is 158 Å². The maximum Gasteiger partial charge on any atom is 0.334 e. The number of nitrogens with zero attached hydrogens (tertiary/aromatic N) is 4. The average molecular weight is 400 g/mol. The van der Waals surface area contributed by atoms with Gasteiger partial charge in [-0.2, -0.15) is 4.31 Å². The molecular weight excluding hydrogens is 376 g/mol. The Hall–Kier alpha value is -2.01. The van der Waals surface area contributed by atoms with Crippen LogP contribution in [-0.4, -0.2) is 96.2 Å². The molecule has 0 aromatic rings. The average Bonchev–Trinajstić information content (AvgIpc) is 2.85.